The molecule has 0 radical (unpaired) electrons. The molecule has 0 atom stereocenters. The SMILES string of the molecule is O=C(NCc1nnc(SCc2ccc(Br)cc2)n1-c1cccc(Cl)c1)c1cccc2ccccc12. The largest absolute Gasteiger partial charge is 0.345 e. The molecule has 5 rings (SSSR count). The molecule has 35 heavy (non-hydrogen) atoms. The molecule has 0 bridgehead atoms. The standard InChI is InChI=1S/C27H20BrClN4OS/c28-20-13-11-18(12-14-20)17-35-27-32-31-25(33(27)22-8-4-7-21(29)15-22)16-30-26(34)24-10-3-6-19-5-1-2-9-23(19)24/h1-15H,16-17H2,(H,30,34). The molecule has 5 nitrogen and oxygen atoms in total. The second-order valence-corrected chi connectivity index (χ2v) is 10.1. The number of nitrogens with one attached hydrogen (secondary N) is 1. The Hall–Kier alpha value is -3.13. The predicted molar refractivity (Wildman–Crippen MR) is 145 cm³/mol. The van der Waals surface area contributed by atoms with Crippen molar-refractivity contribution in [3.63, 3.8) is 0 Å². The fourth-order valence-corrected chi connectivity index (χ4v) is 5.16. The van der Waals surface area contributed by atoms with Crippen LogP contribution in [0.2, 0.25) is 5.02 Å². The Kier molecular flexibility index (Phi) is 7.18. The van der Waals surface area contributed by atoms with Gasteiger partial charge in [0.1, 0.15) is 0 Å². The molecule has 0 saturated carbocycles. The van der Waals surface area contributed by atoms with Gasteiger partial charge in [0.25, 0.3) is 5.91 Å². The van der Waals surface area contributed by atoms with Crippen LogP contribution >= 0.6 is 39.3 Å². The number of thioether (sulfide) groups is 1. The average Bonchev–Trinajstić information content (AvgIpc) is 3.29. The number of rotatable bonds is 7. The van der Waals surface area contributed by atoms with Gasteiger partial charge in [-0.05, 0) is 52.7 Å². The number of carbonyl (C=O) groups is 1. The number of benzene rings is 4. The molecular weight excluding hydrogens is 544 g/mol. The van der Waals surface area contributed by atoms with E-state index in [9.17, 15) is 4.79 Å². The van der Waals surface area contributed by atoms with E-state index in [1.165, 1.54) is 5.56 Å². The molecule has 1 N–H and O–H groups in total. The molecule has 0 aliphatic carbocycles. The highest BCUT2D eigenvalue weighted by atomic mass is 79.9. The number of carbonyl (C=O) groups excluding carboxylic acids is 1. The van der Waals surface area contributed by atoms with Gasteiger partial charge in [-0.25, -0.2) is 0 Å². The lowest BCUT2D eigenvalue weighted by Crippen LogP contribution is -2.25. The maximum Gasteiger partial charge on any atom is 0.252 e. The Morgan fingerprint density at radius 2 is 1.71 bits per heavy atom. The smallest absolute Gasteiger partial charge is 0.252 e. The predicted octanol–water partition coefficient (Wildman–Crippen LogP) is 7.06. The summed E-state index contributed by atoms with van der Waals surface area (Å²) in [6, 6.07) is 29.3. The zero-order valence-corrected chi connectivity index (χ0v) is 21.6. The van der Waals surface area contributed by atoms with Crippen LogP contribution in [0.4, 0.5) is 0 Å². The van der Waals surface area contributed by atoms with Crippen molar-refractivity contribution in [2.24, 2.45) is 0 Å². The summed E-state index contributed by atoms with van der Waals surface area (Å²) in [6.45, 7) is 0.223. The number of fused-ring (bicyclic) bond motifs is 1. The molecule has 5 aromatic rings. The van der Waals surface area contributed by atoms with Crippen LogP contribution in [0.15, 0.2) is 101 Å². The van der Waals surface area contributed by atoms with Gasteiger partial charge in [-0.15, -0.1) is 10.2 Å². The van der Waals surface area contributed by atoms with E-state index in [0.717, 1.165) is 31.8 Å². The molecule has 0 saturated heterocycles. The fraction of sp³-hybridized carbons (Fsp3) is 0.0741. The van der Waals surface area contributed by atoms with Crippen molar-refractivity contribution in [1.29, 1.82) is 0 Å². The van der Waals surface area contributed by atoms with Crippen LogP contribution in [0.3, 0.4) is 0 Å². The van der Waals surface area contributed by atoms with Gasteiger partial charge in [0, 0.05) is 20.8 Å². The molecule has 0 aliphatic rings. The van der Waals surface area contributed by atoms with Gasteiger partial charge in [-0.3, -0.25) is 9.36 Å². The summed E-state index contributed by atoms with van der Waals surface area (Å²) in [5.74, 6) is 1.19. The number of aromatic nitrogens is 3. The summed E-state index contributed by atoms with van der Waals surface area (Å²) in [5, 5.41) is 15.1. The van der Waals surface area contributed by atoms with Crippen molar-refractivity contribution in [2.45, 2.75) is 17.5 Å². The lowest BCUT2D eigenvalue weighted by Gasteiger charge is -2.12. The zero-order chi connectivity index (χ0) is 24.2. The summed E-state index contributed by atoms with van der Waals surface area (Å²) in [4.78, 5) is 13.1. The summed E-state index contributed by atoms with van der Waals surface area (Å²) in [7, 11) is 0. The highest BCUT2D eigenvalue weighted by Crippen LogP contribution is 2.27. The van der Waals surface area contributed by atoms with E-state index in [0.29, 0.717) is 16.4 Å². The van der Waals surface area contributed by atoms with E-state index in [-0.39, 0.29) is 12.5 Å². The number of amides is 1. The van der Waals surface area contributed by atoms with Gasteiger partial charge in [-0.2, -0.15) is 0 Å². The number of halogens is 2. The van der Waals surface area contributed by atoms with Crippen molar-refractivity contribution < 1.29 is 4.79 Å². The first-order valence-electron chi connectivity index (χ1n) is 10.9. The summed E-state index contributed by atoms with van der Waals surface area (Å²) in [5.41, 5.74) is 2.64. The highest BCUT2D eigenvalue weighted by Gasteiger charge is 2.17. The van der Waals surface area contributed by atoms with E-state index in [2.05, 4.69) is 43.6 Å². The molecular formula is C27H20BrClN4OS. The van der Waals surface area contributed by atoms with Crippen molar-refractivity contribution in [2.75, 3.05) is 0 Å². The number of hydrogen-bond acceptors (Lipinski definition) is 4. The Morgan fingerprint density at radius 1 is 0.943 bits per heavy atom. The molecule has 1 amide bonds. The second kappa shape index (κ2) is 10.6. The topological polar surface area (TPSA) is 59.8 Å². The first kappa shape index (κ1) is 23.6. The minimum Gasteiger partial charge on any atom is -0.345 e. The van der Waals surface area contributed by atoms with Crippen LogP contribution in [0, 0.1) is 0 Å². The van der Waals surface area contributed by atoms with E-state index < -0.39 is 0 Å². The van der Waals surface area contributed by atoms with Crippen molar-refractivity contribution >= 4 is 56.0 Å². The minimum atomic E-state index is -0.161. The third-order valence-corrected chi connectivity index (χ3v) is 7.25. The number of hydrogen-bond donors (Lipinski definition) is 1. The first-order valence-corrected chi connectivity index (χ1v) is 13.1. The van der Waals surface area contributed by atoms with E-state index >= 15 is 0 Å². The third kappa shape index (κ3) is 5.42. The lowest BCUT2D eigenvalue weighted by molar-refractivity contribution is 0.0951. The summed E-state index contributed by atoms with van der Waals surface area (Å²) >= 11 is 11.3. The van der Waals surface area contributed by atoms with Gasteiger partial charge in [-0.1, -0.05) is 93.9 Å². The molecule has 1 heterocycles. The van der Waals surface area contributed by atoms with E-state index in [1.54, 1.807) is 11.8 Å². The molecule has 8 heteroatoms. The van der Waals surface area contributed by atoms with Crippen LogP contribution in [0.25, 0.3) is 16.5 Å². The molecule has 174 valence electrons. The Balaban J connectivity index is 1.41. The minimum absolute atomic E-state index is 0.161. The van der Waals surface area contributed by atoms with E-state index in [1.807, 2.05) is 83.4 Å². The van der Waals surface area contributed by atoms with Crippen LogP contribution in [-0.2, 0) is 12.3 Å². The quantitative estimate of drug-likeness (QED) is 0.215. The van der Waals surface area contributed by atoms with Crippen molar-refractivity contribution in [3.05, 3.63) is 117 Å². The second-order valence-electron chi connectivity index (χ2n) is 7.84. The molecule has 4 aromatic carbocycles. The van der Waals surface area contributed by atoms with Crippen molar-refractivity contribution in [1.82, 2.24) is 20.1 Å². The third-order valence-electron chi connectivity index (χ3n) is 5.49. The molecule has 0 spiro atoms. The van der Waals surface area contributed by atoms with Crippen LogP contribution in [0.5, 0.6) is 0 Å². The maximum absolute atomic E-state index is 13.1. The van der Waals surface area contributed by atoms with Gasteiger partial charge in [0.15, 0.2) is 11.0 Å². The maximum atomic E-state index is 13.1. The zero-order valence-electron chi connectivity index (χ0n) is 18.5. The van der Waals surface area contributed by atoms with Crippen molar-refractivity contribution in [3.8, 4) is 5.69 Å². The normalized spacial score (nSPS) is 11.0. The Bertz CT molecular complexity index is 1500. The van der Waals surface area contributed by atoms with E-state index in [4.69, 9.17) is 11.6 Å². The average molecular weight is 564 g/mol. The fourth-order valence-electron chi connectivity index (χ4n) is 3.79. The highest BCUT2D eigenvalue weighted by molar-refractivity contribution is 9.10. The first-order chi connectivity index (χ1) is 17.1. The lowest BCUT2D eigenvalue weighted by atomic mass is 10.0. The summed E-state index contributed by atoms with van der Waals surface area (Å²) < 4.78 is 2.98. The molecule has 0 fully saturated rings. The molecule has 1 aromatic heterocycles. The Labute approximate surface area is 220 Å². The monoisotopic (exact) mass is 562 g/mol. The number of nitrogens with zero attached hydrogens (tertiary/aromatic N) is 3. The molecule has 0 aliphatic heterocycles. The van der Waals surface area contributed by atoms with Gasteiger partial charge in [0.05, 0.1) is 12.2 Å². The summed E-state index contributed by atoms with van der Waals surface area (Å²) in [6.07, 6.45) is 0. The van der Waals surface area contributed by atoms with Crippen LogP contribution in [0.1, 0.15) is 21.7 Å². The van der Waals surface area contributed by atoms with Crippen LogP contribution in [-0.4, -0.2) is 20.7 Å². The van der Waals surface area contributed by atoms with Crippen LogP contribution < -0.4 is 5.32 Å². The van der Waals surface area contributed by atoms with Gasteiger partial charge >= 0.3 is 0 Å². The van der Waals surface area contributed by atoms with Gasteiger partial charge in [0.2, 0.25) is 0 Å². The van der Waals surface area contributed by atoms with Gasteiger partial charge < -0.3 is 5.32 Å². The molecule has 0 unspecified atom stereocenters. The Morgan fingerprint density at radius 3 is 2.54 bits per heavy atom.